The van der Waals surface area contributed by atoms with Crippen molar-refractivity contribution in [1.82, 2.24) is 10.2 Å². The second-order valence-electron chi connectivity index (χ2n) is 9.21. The number of carbonyl (C=O) groups is 2. The van der Waals surface area contributed by atoms with Gasteiger partial charge in [-0.05, 0) is 49.9 Å². The van der Waals surface area contributed by atoms with Crippen LogP contribution in [0.3, 0.4) is 0 Å². The van der Waals surface area contributed by atoms with E-state index in [0.29, 0.717) is 5.02 Å². The minimum Gasteiger partial charge on any atom is -0.352 e. The van der Waals surface area contributed by atoms with Gasteiger partial charge in [0, 0.05) is 30.6 Å². The quantitative estimate of drug-likeness (QED) is 0.423. The summed E-state index contributed by atoms with van der Waals surface area (Å²) >= 11 is 12.3. The van der Waals surface area contributed by atoms with Gasteiger partial charge >= 0.3 is 0 Å². The topological polar surface area (TPSA) is 86.8 Å². The molecule has 0 spiro atoms. The summed E-state index contributed by atoms with van der Waals surface area (Å²) in [6.07, 6.45) is 5.51. The minimum absolute atomic E-state index is 0.0481. The van der Waals surface area contributed by atoms with Gasteiger partial charge in [0.2, 0.25) is 21.8 Å². The summed E-state index contributed by atoms with van der Waals surface area (Å²) in [5, 5.41) is 3.69. The lowest BCUT2D eigenvalue weighted by Crippen LogP contribution is -2.49. The van der Waals surface area contributed by atoms with Gasteiger partial charge in [-0.3, -0.25) is 13.9 Å². The number of halogens is 2. The standard InChI is InChI=1S/C26H33Cl2N3O4S/c1-19(26(33)29-22-11-6-7-12-22)30(18-20-9-4-3-5-10-20)25(32)13-8-16-31(36(2,34)35)24-17-21(27)14-15-23(24)28/h3-5,9-10,14-15,17,19,22H,6-8,11-13,16,18H2,1-2H3,(H,29,33)/t19-/m0/s1. The summed E-state index contributed by atoms with van der Waals surface area (Å²) in [5.74, 6) is -0.395. The average Bonchev–Trinajstić information content (AvgIpc) is 3.34. The normalized spacial score (nSPS) is 14.9. The number of rotatable bonds is 11. The van der Waals surface area contributed by atoms with Crippen molar-refractivity contribution in [3.63, 3.8) is 0 Å². The van der Waals surface area contributed by atoms with Crippen LogP contribution in [0, 0.1) is 0 Å². The molecule has 0 heterocycles. The van der Waals surface area contributed by atoms with Crippen LogP contribution in [0.15, 0.2) is 48.5 Å². The van der Waals surface area contributed by atoms with Crippen LogP contribution < -0.4 is 9.62 Å². The van der Waals surface area contributed by atoms with Gasteiger partial charge in [0.05, 0.1) is 17.0 Å². The molecule has 0 aromatic heterocycles. The van der Waals surface area contributed by atoms with Crippen molar-refractivity contribution < 1.29 is 18.0 Å². The fourth-order valence-corrected chi connectivity index (χ4v) is 5.82. The van der Waals surface area contributed by atoms with Gasteiger partial charge in [0.15, 0.2) is 0 Å². The van der Waals surface area contributed by atoms with Gasteiger partial charge in [0.1, 0.15) is 6.04 Å². The molecule has 196 valence electrons. The first kappa shape index (κ1) is 28.3. The number of carbonyl (C=O) groups excluding carboxylic acids is 2. The SMILES string of the molecule is C[C@@H](C(=O)NC1CCCC1)N(Cc1ccccc1)C(=O)CCCN(c1cc(Cl)ccc1Cl)S(C)(=O)=O. The van der Waals surface area contributed by atoms with Gasteiger partial charge in [0.25, 0.3) is 0 Å². The van der Waals surface area contributed by atoms with E-state index in [2.05, 4.69) is 5.32 Å². The van der Waals surface area contributed by atoms with Crippen LogP contribution in [0.5, 0.6) is 0 Å². The van der Waals surface area contributed by atoms with Crippen LogP contribution >= 0.6 is 23.2 Å². The predicted molar refractivity (Wildman–Crippen MR) is 145 cm³/mol. The number of benzene rings is 2. The van der Waals surface area contributed by atoms with Gasteiger partial charge < -0.3 is 10.2 Å². The van der Waals surface area contributed by atoms with Crippen LogP contribution in [0.1, 0.15) is 51.0 Å². The maximum atomic E-state index is 13.4. The highest BCUT2D eigenvalue weighted by atomic mass is 35.5. The number of hydrogen-bond acceptors (Lipinski definition) is 4. The third-order valence-electron chi connectivity index (χ3n) is 6.39. The summed E-state index contributed by atoms with van der Waals surface area (Å²) in [4.78, 5) is 27.9. The van der Waals surface area contributed by atoms with E-state index in [1.807, 2.05) is 30.3 Å². The molecule has 3 rings (SSSR count). The molecule has 0 bridgehead atoms. The number of nitrogens with zero attached hydrogens (tertiary/aromatic N) is 2. The van der Waals surface area contributed by atoms with Gasteiger partial charge in [-0.2, -0.15) is 0 Å². The molecule has 1 aliphatic carbocycles. The smallest absolute Gasteiger partial charge is 0.242 e. The monoisotopic (exact) mass is 553 g/mol. The van der Waals surface area contributed by atoms with Crippen LogP contribution in [-0.2, 0) is 26.2 Å². The van der Waals surface area contributed by atoms with Crippen LogP contribution in [0.4, 0.5) is 5.69 Å². The lowest BCUT2D eigenvalue weighted by atomic mass is 10.1. The van der Waals surface area contributed by atoms with E-state index in [9.17, 15) is 18.0 Å². The van der Waals surface area contributed by atoms with Crippen LogP contribution in [0.2, 0.25) is 10.0 Å². The van der Waals surface area contributed by atoms with E-state index < -0.39 is 16.1 Å². The molecular formula is C26H33Cl2N3O4S. The minimum atomic E-state index is -3.67. The molecule has 36 heavy (non-hydrogen) atoms. The Morgan fingerprint density at radius 3 is 2.39 bits per heavy atom. The molecule has 2 aromatic rings. The fourth-order valence-electron chi connectivity index (χ4n) is 4.41. The lowest BCUT2D eigenvalue weighted by Gasteiger charge is -2.30. The zero-order valence-electron chi connectivity index (χ0n) is 20.6. The molecular weight excluding hydrogens is 521 g/mol. The molecule has 7 nitrogen and oxygen atoms in total. The molecule has 1 atom stereocenters. The third-order valence-corrected chi connectivity index (χ3v) is 8.13. The largest absolute Gasteiger partial charge is 0.352 e. The number of anilines is 1. The van der Waals surface area contributed by atoms with Gasteiger partial charge in [-0.1, -0.05) is 66.4 Å². The van der Waals surface area contributed by atoms with Crippen LogP contribution in [0.25, 0.3) is 0 Å². The Morgan fingerprint density at radius 1 is 1.08 bits per heavy atom. The number of amides is 2. The lowest BCUT2D eigenvalue weighted by molar-refractivity contribution is -0.141. The van der Waals surface area contributed by atoms with Crippen molar-refractivity contribution in [3.8, 4) is 0 Å². The Labute approximate surface area is 223 Å². The maximum absolute atomic E-state index is 13.4. The van der Waals surface area contributed by atoms with Crippen molar-refractivity contribution in [3.05, 3.63) is 64.1 Å². The Hall–Kier alpha value is -2.29. The molecule has 2 aromatic carbocycles. The first-order valence-electron chi connectivity index (χ1n) is 12.1. The first-order valence-corrected chi connectivity index (χ1v) is 14.7. The third kappa shape index (κ3) is 7.85. The molecule has 1 saturated carbocycles. The van der Waals surface area contributed by atoms with Crippen molar-refractivity contribution >= 4 is 50.7 Å². The second kappa shape index (κ2) is 12.8. The van der Waals surface area contributed by atoms with E-state index in [1.54, 1.807) is 17.9 Å². The van der Waals surface area contributed by atoms with E-state index in [1.165, 1.54) is 12.1 Å². The molecule has 0 unspecified atom stereocenters. The molecule has 0 radical (unpaired) electrons. The van der Waals surface area contributed by atoms with Crippen molar-refractivity contribution in [2.75, 3.05) is 17.1 Å². The number of sulfonamides is 1. The van der Waals surface area contributed by atoms with E-state index >= 15 is 0 Å². The summed E-state index contributed by atoms with van der Waals surface area (Å²) in [7, 11) is -3.67. The van der Waals surface area contributed by atoms with E-state index in [-0.39, 0.29) is 54.5 Å². The molecule has 10 heteroatoms. The summed E-state index contributed by atoms with van der Waals surface area (Å²) in [5.41, 5.74) is 1.18. The zero-order chi connectivity index (χ0) is 26.3. The summed E-state index contributed by atoms with van der Waals surface area (Å²) in [6, 6.07) is 13.6. The van der Waals surface area contributed by atoms with Crippen molar-refractivity contribution in [2.45, 2.75) is 64.1 Å². The van der Waals surface area contributed by atoms with E-state index in [0.717, 1.165) is 41.8 Å². The number of nitrogens with one attached hydrogen (secondary N) is 1. The Balaban J connectivity index is 1.72. The first-order chi connectivity index (χ1) is 17.1. The summed E-state index contributed by atoms with van der Waals surface area (Å²) in [6.45, 7) is 2.07. The highest BCUT2D eigenvalue weighted by molar-refractivity contribution is 7.92. The van der Waals surface area contributed by atoms with Gasteiger partial charge in [-0.15, -0.1) is 0 Å². The number of hydrogen-bond donors (Lipinski definition) is 1. The predicted octanol–water partition coefficient (Wildman–Crippen LogP) is 5.02. The molecule has 0 saturated heterocycles. The molecule has 1 aliphatic rings. The zero-order valence-corrected chi connectivity index (χ0v) is 23.0. The fraction of sp³-hybridized carbons (Fsp3) is 0.462. The average molecular weight is 555 g/mol. The van der Waals surface area contributed by atoms with E-state index in [4.69, 9.17) is 23.2 Å². The molecule has 1 fully saturated rings. The Kier molecular flexibility index (Phi) is 10.0. The highest BCUT2D eigenvalue weighted by Crippen LogP contribution is 2.31. The highest BCUT2D eigenvalue weighted by Gasteiger charge is 2.29. The molecule has 0 aliphatic heterocycles. The Bertz CT molecular complexity index is 1160. The second-order valence-corrected chi connectivity index (χ2v) is 12.0. The molecule has 1 N–H and O–H groups in total. The van der Waals surface area contributed by atoms with Crippen LogP contribution in [-0.4, -0.2) is 50.0 Å². The summed E-state index contributed by atoms with van der Waals surface area (Å²) < 4.78 is 26.1. The van der Waals surface area contributed by atoms with Gasteiger partial charge in [-0.25, -0.2) is 8.42 Å². The molecule has 2 amide bonds. The Morgan fingerprint density at radius 2 is 1.75 bits per heavy atom. The van der Waals surface area contributed by atoms with Crippen molar-refractivity contribution in [2.24, 2.45) is 0 Å². The van der Waals surface area contributed by atoms with Crippen molar-refractivity contribution in [1.29, 1.82) is 0 Å². The maximum Gasteiger partial charge on any atom is 0.242 e.